The van der Waals surface area contributed by atoms with Crippen molar-refractivity contribution in [2.45, 2.75) is 0 Å². The molecule has 0 fully saturated rings. The molecule has 0 aliphatic heterocycles. The van der Waals surface area contributed by atoms with Crippen LogP contribution in [0.15, 0.2) is 29.6 Å². The van der Waals surface area contributed by atoms with Gasteiger partial charge >= 0.3 is 11.9 Å². The first-order chi connectivity index (χ1) is 9.56. The fraction of sp³-hybridized carbons (Fsp3) is 0.0714. The molecule has 0 unspecified atom stereocenters. The molecule has 0 saturated heterocycles. The van der Waals surface area contributed by atoms with Gasteiger partial charge in [0.1, 0.15) is 10.9 Å². The zero-order valence-electron chi connectivity index (χ0n) is 10.4. The van der Waals surface area contributed by atoms with Crippen LogP contribution in [0.5, 0.6) is 0 Å². The molecule has 100 valence electrons. The fourth-order valence-electron chi connectivity index (χ4n) is 1.77. The van der Waals surface area contributed by atoms with Crippen LogP contribution in [0.4, 0.5) is 0 Å². The third-order valence-corrected chi connectivity index (χ3v) is 3.50. The molecule has 0 amide bonds. The molecule has 6 heteroatoms. The molecule has 1 aromatic carbocycles. The lowest BCUT2D eigenvalue weighted by atomic mass is 10.0. The van der Waals surface area contributed by atoms with Crippen LogP contribution in [-0.4, -0.2) is 24.2 Å². The van der Waals surface area contributed by atoms with Crippen molar-refractivity contribution in [2.24, 2.45) is 0 Å². The second kappa shape index (κ2) is 5.55. The van der Waals surface area contributed by atoms with Crippen molar-refractivity contribution < 1.29 is 19.4 Å². The van der Waals surface area contributed by atoms with Gasteiger partial charge in [-0.3, -0.25) is 0 Å². The van der Waals surface area contributed by atoms with Gasteiger partial charge in [-0.15, -0.1) is 11.3 Å². The first-order valence-electron chi connectivity index (χ1n) is 5.51. The van der Waals surface area contributed by atoms with E-state index in [2.05, 4.69) is 4.74 Å². The first-order valence-corrected chi connectivity index (χ1v) is 6.39. The quantitative estimate of drug-likeness (QED) is 0.877. The normalized spacial score (nSPS) is 9.80. The largest absolute Gasteiger partial charge is 0.478 e. The first kappa shape index (κ1) is 13.8. The molecule has 0 bridgehead atoms. The Balaban J connectivity index is 2.64. The number of hydrogen-bond acceptors (Lipinski definition) is 5. The van der Waals surface area contributed by atoms with Gasteiger partial charge in [0.25, 0.3) is 0 Å². The van der Waals surface area contributed by atoms with Crippen molar-refractivity contribution in [1.29, 1.82) is 5.26 Å². The molecule has 1 aromatic heterocycles. The Labute approximate surface area is 118 Å². The summed E-state index contributed by atoms with van der Waals surface area (Å²) in [4.78, 5) is 23.2. The van der Waals surface area contributed by atoms with Gasteiger partial charge in [0.2, 0.25) is 0 Å². The molecule has 2 rings (SSSR count). The van der Waals surface area contributed by atoms with E-state index in [-0.39, 0.29) is 11.1 Å². The van der Waals surface area contributed by atoms with E-state index in [4.69, 9.17) is 10.4 Å². The summed E-state index contributed by atoms with van der Waals surface area (Å²) >= 11 is 1.25. The number of carbonyl (C=O) groups excluding carboxylic acids is 1. The van der Waals surface area contributed by atoms with Gasteiger partial charge in [-0.1, -0.05) is 0 Å². The Morgan fingerprint density at radius 3 is 2.60 bits per heavy atom. The summed E-state index contributed by atoms with van der Waals surface area (Å²) < 4.78 is 4.61. The lowest BCUT2D eigenvalue weighted by Crippen LogP contribution is -2.05. The zero-order chi connectivity index (χ0) is 14.7. The topological polar surface area (TPSA) is 87.4 Å². The predicted octanol–water partition coefficient (Wildman–Crippen LogP) is 2.77. The van der Waals surface area contributed by atoms with Gasteiger partial charge in [0, 0.05) is 5.56 Å². The maximum atomic E-state index is 11.6. The number of nitriles is 1. The summed E-state index contributed by atoms with van der Waals surface area (Å²) in [6.45, 7) is 0. The molecule has 1 N–H and O–H groups in total. The molecule has 0 radical (unpaired) electrons. The highest BCUT2D eigenvalue weighted by molar-refractivity contribution is 7.11. The molecule has 1 heterocycles. The zero-order valence-corrected chi connectivity index (χ0v) is 11.2. The molecule has 20 heavy (non-hydrogen) atoms. The van der Waals surface area contributed by atoms with Crippen molar-refractivity contribution >= 4 is 23.3 Å². The minimum absolute atomic E-state index is 0.0296. The van der Waals surface area contributed by atoms with Crippen LogP contribution in [0.1, 0.15) is 25.6 Å². The van der Waals surface area contributed by atoms with Crippen LogP contribution >= 0.6 is 11.3 Å². The highest BCUT2D eigenvalue weighted by atomic mass is 32.1. The van der Waals surface area contributed by atoms with Crippen molar-refractivity contribution in [3.8, 4) is 17.2 Å². The van der Waals surface area contributed by atoms with Crippen LogP contribution in [0, 0.1) is 11.3 Å². The Morgan fingerprint density at radius 2 is 2.00 bits per heavy atom. The number of carbonyl (C=O) groups is 2. The van der Waals surface area contributed by atoms with Gasteiger partial charge in [-0.05, 0) is 35.2 Å². The number of ether oxygens (including phenoxy) is 1. The molecule has 0 spiro atoms. The summed E-state index contributed by atoms with van der Waals surface area (Å²) in [5.74, 6) is -1.77. The molecule has 0 aliphatic rings. The number of aromatic carboxylic acids is 1. The van der Waals surface area contributed by atoms with E-state index in [9.17, 15) is 9.59 Å². The van der Waals surface area contributed by atoms with E-state index in [1.807, 2.05) is 6.07 Å². The number of rotatable bonds is 3. The van der Waals surface area contributed by atoms with E-state index >= 15 is 0 Å². The van der Waals surface area contributed by atoms with Gasteiger partial charge in [0.05, 0.1) is 18.2 Å². The van der Waals surface area contributed by atoms with Crippen LogP contribution in [0.3, 0.4) is 0 Å². The Morgan fingerprint density at radius 1 is 1.30 bits per heavy atom. The lowest BCUT2D eigenvalue weighted by molar-refractivity contribution is 0.0601. The van der Waals surface area contributed by atoms with Crippen molar-refractivity contribution in [3.63, 3.8) is 0 Å². The van der Waals surface area contributed by atoms with E-state index in [0.29, 0.717) is 16.0 Å². The third-order valence-electron chi connectivity index (χ3n) is 2.68. The van der Waals surface area contributed by atoms with Crippen molar-refractivity contribution in [1.82, 2.24) is 0 Å². The summed E-state index contributed by atoms with van der Waals surface area (Å²) in [6, 6.07) is 7.94. The molecular formula is C14H9NO4S. The van der Waals surface area contributed by atoms with Crippen LogP contribution in [0.2, 0.25) is 0 Å². The van der Waals surface area contributed by atoms with Crippen LogP contribution < -0.4 is 0 Å². The molecule has 0 saturated carbocycles. The number of esters is 1. The van der Waals surface area contributed by atoms with Gasteiger partial charge in [-0.2, -0.15) is 5.26 Å². The van der Waals surface area contributed by atoms with E-state index < -0.39 is 11.9 Å². The molecule has 5 nitrogen and oxygen atoms in total. The van der Waals surface area contributed by atoms with Crippen LogP contribution in [-0.2, 0) is 4.74 Å². The fourth-order valence-corrected chi connectivity index (χ4v) is 2.47. The molecule has 0 atom stereocenters. The smallest absolute Gasteiger partial charge is 0.337 e. The SMILES string of the molecule is COC(=O)c1cc(C(=O)O)cc(-c2ccsc2C#N)c1. The number of carboxylic acid groups (broad SMARTS) is 1. The lowest BCUT2D eigenvalue weighted by Gasteiger charge is -2.06. The maximum Gasteiger partial charge on any atom is 0.337 e. The molecule has 2 aromatic rings. The summed E-state index contributed by atoms with van der Waals surface area (Å²) in [7, 11) is 1.22. The number of nitrogens with zero attached hydrogens (tertiary/aromatic N) is 1. The second-order valence-corrected chi connectivity index (χ2v) is 4.79. The maximum absolute atomic E-state index is 11.6. The number of carboxylic acids is 1. The second-order valence-electron chi connectivity index (χ2n) is 3.87. The highest BCUT2D eigenvalue weighted by Gasteiger charge is 2.15. The Hall–Kier alpha value is -2.65. The highest BCUT2D eigenvalue weighted by Crippen LogP contribution is 2.29. The number of methoxy groups -OCH3 is 1. The van der Waals surface area contributed by atoms with E-state index in [1.165, 1.54) is 36.6 Å². The third kappa shape index (κ3) is 2.53. The summed E-state index contributed by atoms with van der Waals surface area (Å²) in [5.41, 5.74) is 1.21. The van der Waals surface area contributed by atoms with Crippen molar-refractivity contribution in [3.05, 3.63) is 45.6 Å². The number of thiophene rings is 1. The van der Waals surface area contributed by atoms with Crippen molar-refractivity contribution in [2.75, 3.05) is 7.11 Å². The molecule has 0 aliphatic carbocycles. The average Bonchev–Trinajstić information content (AvgIpc) is 2.94. The number of hydrogen-bond donors (Lipinski definition) is 1. The average molecular weight is 287 g/mol. The van der Waals surface area contributed by atoms with E-state index in [1.54, 1.807) is 11.4 Å². The summed E-state index contributed by atoms with van der Waals surface area (Å²) in [5, 5.41) is 19.9. The summed E-state index contributed by atoms with van der Waals surface area (Å²) in [6.07, 6.45) is 0. The van der Waals surface area contributed by atoms with Gasteiger partial charge in [0.15, 0.2) is 0 Å². The Kier molecular flexibility index (Phi) is 3.82. The number of benzene rings is 1. The predicted molar refractivity (Wildman–Crippen MR) is 72.8 cm³/mol. The monoisotopic (exact) mass is 287 g/mol. The minimum atomic E-state index is -1.15. The van der Waals surface area contributed by atoms with E-state index in [0.717, 1.165) is 0 Å². The minimum Gasteiger partial charge on any atom is -0.478 e. The van der Waals surface area contributed by atoms with Crippen LogP contribution in [0.25, 0.3) is 11.1 Å². The molecular weight excluding hydrogens is 278 g/mol. The van der Waals surface area contributed by atoms with Gasteiger partial charge < -0.3 is 9.84 Å². The standard InChI is InChI=1S/C14H9NO4S/c1-19-14(18)10-5-8(4-9(6-10)13(16)17)11-2-3-20-12(11)7-15/h2-6H,1H3,(H,16,17). The Bertz CT molecular complexity index is 727. The van der Waals surface area contributed by atoms with Gasteiger partial charge in [-0.25, -0.2) is 9.59 Å².